The van der Waals surface area contributed by atoms with Gasteiger partial charge in [-0.3, -0.25) is 0 Å². The number of halogens is 3. The monoisotopic (exact) mass is 178 g/mol. The Bertz CT molecular complexity index is 10.8. The van der Waals surface area contributed by atoms with Crippen molar-refractivity contribution in [2.75, 3.05) is 0 Å². The maximum atomic E-state index is 0. The molecule has 0 fully saturated rings. The third-order valence-electron chi connectivity index (χ3n) is 0. The quantitative estimate of drug-likeness (QED) is 0.462. The summed E-state index contributed by atoms with van der Waals surface area (Å²) in [4.78, 5) is 0. The summed E-state index contributed by atoms with van der Waals surface area (Å²) in [5, 5.41) is 0. The van der Waals surface area contributed by atoms with Crippen LogP contribution in [0.2, 0.25) is 0 Å². The molecule has 0 saturated carbocycles. The average molecular weight is 179 g/mol. The fourth-order valence-corrected chi connectivity index (χ4v) is 0. The molecule has 0 aromatic rings. The van der Waals surface area contributed by atoms with Crippen molar-refractivity contribution in [3.05, 3.63) is 0 Å². The zero-order valence-corrected chi connectivity index (χ0v) is 3.67. The molecule has 0 aliphatic carbocycles. The van der Waals surface area contributed by atoms with Gasteiger partial charge in [0.2, 0.25) is 0 Å². The second-order valence-corrected chi connectivity index (χ2v) is 0. The molecule has 40 valence electrons. The molecule has 0 rings (SSSR count). The first-order chi connectivity index (χ1) is 0. The van der Waals surface area contributed by atoms with E-state index in [0.29, 0.717) is 0 Å². The standard InChI is InChI=1S/CH4.Al.3ClH.Na.4H/h1H4;;3*1H;;;;;. The summed E-state index contributed by atoms with van der Waals surface area (Å²) < 4.78 is 0. The molecule has 0 unspecified atom stereocenters. The fourth-order valence-electron chi connectivity index (χ4n) is 0. The van der Waals surface area contributed by atoms with E-state index in [9.17, 15) is 0 Å². The molecule has 0 aromatic carbocycles. The van der Waals surface area contributed by atoms with Crippen molar-refractivity contribution in [2.45, 2.75) is 7.43 Å². The fraction of sp³-hybridized carbons (Fsp3) is 1.00. The number of hydrogen-bond acceptors (Lipinski definition) is 0. The van der Waals surface area contributed by atoms with E-state index in [2.05, 4.69) is 0 Å². The third-order valence-corrected chi connectivity index (χ3v) is 0. The van der Waals surface area contributed by atoms with Crippen LogP contribution in [0.3, 0.4) is 0 Å². The van der Waals surface area contributed by atoms with Crippen molar-refractivity contribution in [2.24, 2.45) is 0 Å². The van der Waals surface area contributed by atoms with Gasteiger partial charge in [-0.25, -0.2) is 0 Å². The van der Waals surface area contributed by atoms with E-state index in [4.69, 9.17) is 0 Å². The Kier molecular flexibility index (Phi) is 699. The molecule has 0 nitrogen and oxygen atoms in total. The molecule has 0 bridgehead atoms. The van der Waals surface area contributed by atoms with Crippen LogP contribution in [0.4, 0.5) is 0 Å². The number of hydrogen-bond donors (Lipinski definition) is 0. The van der Waals surface area contributed by atoms with Crippen LogP contribution in [0.25, 0.3) is 0 Å². The minimum absolute atomic E-state index is 0. The van der Waals surface area contributed by atoms with Crippen LogP contribution in [0.1, 0.15) is 7.43 Å². The predicted molar refractivity (Wildman–Crippen MR) is 45.6 cm³/mol. The molecular formula is CH11AlCl3Na. The Morgan fingerprint density at radius 2 is 0.667 bits per heavy atom. The topological polar surface area (TPSA) is 0 Å². The maximum absolute atomic E-state index is 0. The van der Waals surface area contributed by atoms with E-state index in [1.54, 1.807) is 0 Å². The van der Waals surface area contributed by atoms with Gasteiger partial charge < -0.3 is 0 Å². The van der Waals surface area contributed by atoms with Crippen LogP contribution in [-0.2, 0) is 0 Å². The van der Waals surface area contributed by atoms with Crippen molar-refractivity contribution < 1.29 is 0 Å². The third kappa shape index (κ3) is 32.4. The first kappa shape index (κ1) is 79.8. The molecule has 0 aliphatic rings. The molecule has 6 heavy (non-hydrogen) atoms. The second-order valence-electron chi connectivity index (χ2n) is 0. The van der Waals surface area contributed by atoms with E-state index in [0.717, 1.165) is 0 Å². The van der Waals surface area contributed by atoms with E-state index in [-0.39, 0.29) is 91.6 Å². The van der Waals surface area contributed by atoms with Crippen molar-refractivity contribution in [3.8, 4) is 0 Å². The summed E-state index contributed by atoms with van der Waals surface area (Å²) in [7, 11) is 0. The molecule has 0 spiro atoms. The van der Waals surface area contributed by atoms with Crippen LogP contribution < -0.4 is 0 Å². The Morgan fingerprint density at radius 1 is 0.667 bits per heavy atom. The van der Waals surface area contributed by atoms with Gasteiger partial charge in [-0.2, -0.15) is 0 Å². The summed E-state index contributed by atoms with van der Waals surface area (Å²) in [6.45, 7) is 0. The van der Waals surface area contributed by atoms with Crippen LogP contribution in [0.15, 0.2) is 0 Å². The summed E-state index contributed by atoms with van der Waals surface area (Å²) in [6, 6.07) is 0. The normalized spacial score (nSPS) is 0. The van der Waals surface area contributed by atoms with Gasteiger partial charge in [-0.05, 0) is 0 Å². The van der Waals surface area contributed by atoms with Gasteiger partial charge in [-0.1, -0.05) is 7.43 Å². The van der Waals surface area contributed by atoms with E-state index in [1.807, 2.05) is 0 Å². The summed E-state index contributed by atoms with van der Waals surface area (Å²) in [5.41, 5.74) is 0. The zero-order chi connectivity index (χ0) is 0. The van der Waals surface area contributed by atoms with Crippen molar-refractivity contribution >= 4 is 84.1 Å². The molecule has 0 radical (unpaired) electrons. The van der Waals surface area contributed by atoms with Gasteiger partial charge in [0.25, 0.3) is 0 Å². The van der Waals surface area contributed by atoms with E-state index in [1.165, 1.54) is 0 Å². The second kappa shape index (κ2) is 52.6. The van der Waals surface area contributed by atoms with Crippen molar-refractivity contribution in [1.82, 2.24) is 0 Å². The molecule has 0 aromatic heterocycles. The zero-order valence-electron chi connectivity index (χ0n) is 1.22. The Morgan fingerprint density at radius 3 is 0.667 bits per heavy atom. The molecule has 5 heteroatoms. The van der Waals surface area contributed by atoms with Gasteiger partial charge >= 0.3 is 29.6 Å². The van der Waals surface area contributed by atoms with Crippen molar-refractivity contribution in [1.29, 1.82) is 0 Å². The first-order valence-electron chi connectivity index (χ1n) is 0. The summed E-state index contributed by atoms with van der Waals surface area (Å²) >= 11 is 0. The predicted octanol–water partition coefficient (Wildman–Crippen LogP) is 0.0691. The van der Waals surface area contributed by atoms with Gasteiger partial charge in [0.05, 0.1) is 0 Å². The molecule has 0 heterocycles. The molecule has 0 amide bonds. The van der Waals surface area contributed by atoms with E-state index < -0.39 is 0 Å². The van der Waals surface area contributed by atoms with Crippen LogP contribution >= 0.6 is 37.2 Å². The van der Waals surface area contributed by atoms with Crippen LogP contribution in [0, 0.1) is 0 Å². The Hall–Kier alpha value is 2.40. The van der Waals surface area contributed by atoms with Gasteiger partial charge in [0, 0.05) is 0 Å². The number of rotatable bonds is 0. The van der Waals surface area contributed by atoms with Crippen LogP contribution in [0.5, 0.6) is 0 Å². The Labute approximate surface area is 90.5 Å². The molecule has 0 atom stereocenters. The van der Waals surface area contributed by atoms with Gasteiger partial charge in [0.1, 0.15) is 0 Å². The molecule has 0 aliphatic heterocycles. The summed E-state index contributed by atoms with van der Waals surface area (Å²) in [5.74, 6) is 0. The SMILES string of the molecule is C.Cl.Cl.Cl.[AlH3].[NaH]. The molecular weight excluding hydrogens is 168 g/mol. The van der Waals surface area contributed by atoms with E-state index >= 15 is 0 Å². The molecule has 0 saturated heterocycles. The average Bonchev–Trinajstić information content (AvgIpc) is 0. The van der Waals surface area contributed by atoms with Crippen LogP contribution in [-0.4, -0.2) is 46.9 Å². The van der Waals surface area contributed by atoms with Gasteiger partial charge in [-0.15, -0.1) is 37.2 Å². The van der Waals surface area contributed by atoms with Crippen molar-refractivity contribution in [3.63, 3.8) is 0 Å². The van der Waals surface area contributed by atoms with Gasteiger partial charge in [0.15, 0.2) is 17.4 Å². The Balaban J connectivity index is 0. The minimum atomic E-state index is 0. The summed E-state index contributed by atoms with van der Waals surface area (Å²) in [6.07, 6.45) is 0. The molecule has 0 N–H and O–H groups in total. The first-order valence-corrected chi connectivity index (χ1v) is 0.